The second-order valence-corrected chi connectivity index (χ2v) is 5.94. The molecule has 1 heterocycles. The molecule has 92 valence electrons. The molecule has 0 aromatic heterocycles. The van der Waals surface area contributed by atoms with Crippen molar-refractivity contribution in [3.63, 3.8) is 0 Å². The Morgan fingerprint density at radius 2 is 1.75 bits per heavy atom. The molecule has 2 fully saturated rings. The normalized spacial score (nSPS) is 44.6. The minimum absolute atomic E-state index is 0.195. The van der Waals surface area contributed by atoms with Gasteiger partial charge in [-0.15, -0.1) is 0 Å². The molecule has 0 aromatic carbocycles. The Kier molecular flexibility index (Phi) is 3.68. The van der Waals surface area contributed by atoms with Crippen molar-refractivity contribution in [2.24, 2.45) is 23.7 Å². The van der Waals surface area contributed by atoms with Gasteiger partial charge in [0.05, 0.1) is 12.7 Å². The summed E-state index contributed by atoms with van der Waals surface area (Å²) in [6.07, 6.45) is 4.66. The summed E-state index contributed by atoms with van der Waals surface area (Å²) in [5, 5.41) is 0. The van der Waals surface area contributed by atoms with Crippen molar-refractivity contribution in [1.29, 1.82) is 0 Å². The van der Waals surface area contributed by atoms with E-state index in [0.29, 0.717) is 24.2 Å². The van der Waals surface area contributed by atoms with Gasteiger partial charge < -0.3 is 4.74 Å². The Labute approximate surface area is 98.7 Å². The van der Waals surface area contributed by atoms with Gasteiger partial charge >= 0.3 is 0 Å². The molecule has 0 spiro atoms. The molecule has 1 saturated carbocycles. The van der Waals surface area contributed by atoms with E-state index in [-0.39, 0.29) is 12.0 Å². The fraction of sp³-hybridized carbons (Fsp3) is 0.929. The lowest BCUT2D eigenvalue weighted by Crippen LogP contribution is -2.31. The maximum atomic E-state index is 12.3. The highest BCUT2D eigenvalue weighted by Gasteiger charge is 2.36. The van der Waals surface area contributed by atoms with Crippen molar-refractivity contribution >= 4 is 5.78 Å². The minimum Gasteiger partial charge on any atom is -0.378 e. The van der Waals surface area contributed by atoms with E-state index in [9.17, 15) is 4.79 Å². The van der Waals surface area contributed by atoms with Gasteiger partial charge in [0.1, 0.15) is 5.78 Å². The third-order valence-electron chi connectivity index (χ3n) is 4.60. The van der Waals surface area contributed by atoms with E-state index < -0.39 is 0 Å². The molecule has 1 aliphatic carbocycles. The van der Waals surface area contributed by atoms with Crippen LogP contribution < -0.4 is 0 Å². The number of ketones is 1. The van der Waals surface area contributed by atoms with Gasteiger partial charge in [-0.05, 0) is 44.4 Å². The molecule has 5 atom stereocenters. The van der Waals surface area contributed by atoms with Crippen molar-refractivity contribution in [1.82, 2.24) is 0 Å². The van der Waals surface area contributed by atoms with Crippen LogP contribution in [0, 0.1) is 23.7 Å². The molecule has 1 saturated heterocycles. The van der Waals surface area contributed by atoms with E-state index in [0.717, 1.165) is 25.2 Å². The first-order valence-corrected chi connectivity index (χ1v) is 6.73. The molecule has 1 aliphatic heterocycles. The van der Waals surface area contributed by atoms with E-state index in [1.165, 1.54) is 6.42 Å². The van der Waals surface area contributed by atoms with Crippen LogP contribution in [0.3, 0.4) is 0 Å². The van der Waals surface area contributed by atoms with Gasteiger partial charge in [-0.2, -0.15) is 0 Å². The fourth-order valence-corrected chi connectivity index (χ4v) is 3.15. The van der Waals surface area contributed by atoms with Crippen molar-refractivity contribution in [3.8, 4) is 0 Å². The minimum atomic E-state index is 0.195. The zero-order valence-electron chi connectivity index (χ0n) is 10.7. The quantitative estimate of drug-likeness (QED) is 0.720. The SMILES string of the molecule is CC1CC(C(=O)C2CCC(C)C(C)C2)CO1. The molecule has 2 rings (SSSR count). The van der Waals surface area contributed by atoms with Crippen LogP contribution in [0.4, 0.5) is 0 Å². The maximum Gasteiger partial charge on any atom is 0.141 e. The number of rotatable bonds is 2. The number of ether oxygens (including phenoxy) is 1. The molecule has 0 aromatic rings. The first-order valence-electron chi connectivity index (χ1n) is 6.73. The molecule has 2 aliphatic rings. The van der Waals surface area contributed by atoms with Gasteiger partial charge in [0.2, 0.25) is 0 Å². The topological polar surface area (TPSA) is 26.3 Å². The average molecular weight is 224 g/mol. The third-order valence-corrected chi connectivity index (χ3v) is 4.60. The molecule has 5 unspecified atom stereocenters. The monoisotopic (exact) mass is 224 g/mol. The molecule has 0 amide bonds. The van der Waals surface area contributed by atoms with Gasteiger partial charge in [-0.1, -0.05) is 13.8 Å². The van der Waals surface area contributed by atoms with Crippen LogP contribution in [0.5, 0.6) is 0 Å². The van der Waals surface area contributed by atoms with Gasteiger partial charge in [0, 0.05) is 11.8 Å². The predicted octanol–water partition coefficient (Wildman–Crippen LogP) is 3.05. The van der Waals surface area contributed by atoms with Crippen LogP contribution in [-0.4, -0.2) is 18.5 Å². The van der Waals surface area contributed by atoms with Crippen molar-refractivity contribution in [3.05, 3.63) is 0 Å². The van der Waals surface area contributed by atoms with Crippen LogP contribution in [0.25, 0.3) is 0 Å². The number of Topliss-reactive ketones (excluding diaryl/α,β-unsaturated/α-hetero) is 1. The van der Waals surface area contributed by atoms with Crippen LogP contribution in [0.2, 0.25) is 0 Å². The zero-order valence-corrected chi connectivity index (χ0v) is 10.7. The van der Waals surface area contributed by atoms with Crippen molar-refractivity contribution in [2.75, 3.05) is 6.61 Å². The molecule has 2 heteroatoms. The average Bonchev–Trinajstić information content (AvgIpc) is 2.68. The highest BCUT2D eigenvalue weighted by atomic mass is 16.5. The number of hydrogen-bond donors (Lipinski definition) is 0. The maximum absolute atomic E-state index is 12.3. The number of carbonyl (C=O) groups is 1. The van der Waals surface area contributed by atoms with Crippen LogP contribution in [-0.2, 0) is 9.53 Å². The van der Waals surface area contributed by atoms with Gasteiger partial charge in [0.15, 0.2) is 0 Å². The summed E-state index contributed by atoms with van der Waals surface area (Å²) in [5.74, 6) is 2.51. The van der Waals surface area contributed by atoms with E-state index in [4.69, 9.17) is 4.74 Å². The molecular formula is C14H24O2. The van der Waals surface area contributed by atoms with Gasteiger partial charge in [-0.25, -0.2) is 0 Å². The summed E-state index contributed by atoms with van der Waals surface area (Å²) in [6.45, 7) is 7.34. The second kappa shape index (κ2) is 4.87. The molecule has 0 N–H and O–H groups in total. The molecular weight excluding hydrogens is 200 g/mol. The summed E-state index contributed by atoms with van der Waals surface area (Å²) >= 11 is 0. The highest BCUT2D eigenvalue weighted by molar-refractivity contribution is 5.83. The first kappa shape index (κ1) is 12.1. The lowest BCUT2D eigenvalue weighted by atomic mass is 9.72. The second-order valence-electron chi connectivity index (χ2n) is 5.94. The van der Waals surface area contributed by atoms with Crippen LogP contribution >= 0.6 is 0 Å². The third kappa shape index (κ3) is 2.48. The first-order chi connectivity index (χ1) is 7.58. The number of carbonyl (C=O) groups excluding carboxylic acids is 1. The van der Waals surface area contributed by atoms with Crippen LogP contribution in [0.1, 0.15) is 46.5 Å². The summed E-state index contributed by atoms with van der Waals surface area (Å²) in [4.78, 5) is 12.3. The van der Waals surface area contributed by atoms with Gasteiger partial charge in [0.25, 0.3) is 0 Å². The smallest absolute Gasteiger partial charge is 0.141 e. The largest absolute Gasteiger partial charge is 0.378 e. The summed E-state index contributed by atoms with van der Waals surface area (Å²) in [5.41, 5.74) is 0. The molecule has 2 nitrogen and oxygen atoms in total. The molecule has 0 bridgehead atoms. The Morgan fingerprint density at radius 1 is 1.00 bits per heavy atom. The van der Waals surface area contributed by atoms with E-state index >= 15 is 0 Å². The van der Waals surface area contributed by atoms with Gasteiger partial charge in [-0.3, -0.25) is 4.79 Å². The molecule has 16 heavy (non-hydrogen) atoms. The molecule has 0 radical (unpaired) electrons. The lowest BCUT2D eigenvalue weighted by Gasteiger charge is -2.32. The summed E-state index contributed by atoms with van der Waals surface area (Å²) in [7, 11) is 0. The van der Waals surface area contributed by atoms with E-state index in [1.54, 1.807) is 0 Å². The predicted molar refractivity (Wildman–Crippen MR) is 64.2 cm³/mol. The summed E-state index contributed by atoms with van der Waals surface area (Å²) < 4.78 is 5.50. The Morgan fingerprint density at radius 3 is 2.31 bits per heavy atom. The van der Waals surface area contributed by atoms with E-state index in [1.807, 2.05) is 0 Å². The zero-order chi connectivity index (χ0) is 11.7. The Hall–Kier alpha value is -0.370. The Bertz CT molecular complexity index is 261. The van der Waals surface area contributed by atoms with Crippen LogP contribution in [0.15, 0.2) is 0 Å². The lowest BCUT2D eigenvalue weighted by molar-refractivity contribution is -0.128. The summed E-state index contributed by atoms with van der Waals surface area (Å²) in [6, 6.07) is 0. The number of hydrogen-bond acceptors (Lipinski definition) is 2. The van der Waals surface area contributed by atoms with Crippen molar-refractivity contribution < 1.29 is 9.53 Å². The Balaban J connectivity index is 1.90. The van der Waals surface area contributed by atoms with E-state index in [2.05, 4.69) is 20.8 Å². The fourth-order valence-electron chi connectivity index (χ4n) is 3.15. The standard InChI is InChI=1S/C14H24O2/c1-9-4-5-12(6-10(9)2)14(15)13-7-11(3)16-8-13/h9-13H,4-8H2,1-3H3. The highest BCUT2D eigenvalue weighted by Crippen LogP contribution is 2.36. The van der Waals surface area contributed by atoms with Crippen molar-refractivity contribution in [2.45, 2.75) is 52.6 Å².